The molecule has 4 nitrogen and oxygen atoms in total. The largest absolute Gasteiger partial charge is 0.342 e. The molecule has 4 heteroatoms. The first-order valence-electron chi connectivity index (χ1n) is 11.6. The molecular formula is C26H33N3O. The highest BCUT2D eigenvalue weighted by atomic mass is 16.2. The van der Waals surface area contributed by atoms with E-state index < -0.39 is 0 Å². The van der Waals surface area contributed by atoms with Gasteiger partial charge in [0.15, 0.2) is 0 Å². The van der Waals surface area contributed by atoms with Crippen molar-refractivity contribution in [2.24, 2.45) is 0 Å². The van der Waals surface area contributed by atoms with Gasteiger partial charge in [0.25, 0.3) is 0 Å². The van der Waals surface area contributed by atoms with Gasteiger partial charge in [0.05, 0.1) is 6.67 Å². The molecule has 3 aliphatic rings. The van der Waals surface area contributed by atoms with Crippen molar-refractivity contribution < 1.29 is 4.79 Å². The normalized spacial score (nSPS) is 27.3. The second kappa shape index (κ2) is 8.52. The van der Waals surface area contributed by atoms with E-state index >= 15 is 0 Å². The van der Waals surface area contributed by atoms with Crippen LogP contribution in [0.4, 0.5) is 0 Å². The minimum absolute atomic E-state index is 0.237. The Morgan fingerprint density at radius 2 is 1.57 bits per heavy atom. The van der Waals surface area contributed by atoms with Crippen molar-refractivity contribution in [3.63, 3.8) is 0 Å². The van der Waals surface area contributed by atoms with E-state index in [4.69, 9.17) is 0 Å². The van der Waals surface area contributed by atoms with Crippen molar-refractivity contribution in [2.75, 3.05) is 19.8 Å². The summed E-state index contributed by atoms with van der Waals surface area (Å²) in [6.07, 6.45) is 7.11. The predicted octanol–water partition coefficient (Wildman–Crippen LogP) is 4.14. The van der Waals surface area contributed by atoms with E-state index in [1.54, 1.807) is 0 Å². The SMILES string of the molecule is O=C1NCN(Cc2ccccc2)C12CCN([C@H]1CCCC[C@H]1c1ccccc1)CC2. The van der Waals surface area contributed by atoms with Crippen LogP contribution in [-0.4, -0.2) is 47.0 Å². The molecule has 2 atom stereocenters. The number of hydrogen-bond acceptors (Lipinski definition) is 3. The van der Waals surface area contributed by atoms with Crippen molar-refractivity contribution >= 4 is 5.91 Å². The first-order valence-corrected chi connectivity index (χ1v) is 11.6. The van der Waals surface area contributed by atoms with Gasteiger partial charge >= 0.3 is 0 Å². The second-order valence-electron chi connectivity index (χ2n) is 9.28. The molecule has 2 heterocycles. The Balaban J connectivity index is 1.30. The van der Waals surface area contributed by atoms with Crippen LogP contribution in [0.25, 0.3) is 0 Å². The summed E-state index contributed by atoms with van der Waals surface area (Å²) >= 11 is 0. The van der Waals surface area contributed by atoms with Gasteiger partial charge in [0.2, 0.25) is 5.91 Å². The van der Waals surface area contributed by atoms with Gasteiger partial charge in [-0.3, -0.25) is 14.6 Å². The monoisotopic (exact) mass is 403 g/mol. The number of hydrogen-bond donors (Lipinski definition) is 1. The molecule has 0 aromatic heterocycles. The van der Waals surface area contributed by atoms with Crippen molar-refractivity contribution in [2.45, 2.75) is 62.6 Å². The molecule has 30 heavy (non-hydrogen) atoms. The molecular weight excluding hydrogens is 370 g/mol. The average Bonchev–Trinajstić information content (AvgIpc) is 3.10. The Bertz CT molecular complexity index is 845. The molecule has 2 saturated heterocycles. The molecule has 1 amide bonds. The maximum absolute atomic E-state index is 12.9. The van der Waals surface area contributed by atoms with Gasteiger partial charge in [-0.25, -0.2) is 0 Å². The van der Waals surface area contributed by atoms with Gasteiger partial charge < -0.3 is 5.32 Å². The number of piperidine rings is 1. The molecule has 5 rings (SSSR count). The average molecular weight is 404 g/mol. The van der Waals surface area contributed by atoms with E-state index in [1.807, 2.05) is 0 Å². The zero-order chi connectivity index (χ0) is 20.4. The van der Waals surface area contributed by atoms with Crippen LogP contribution >= 0.6 is 0 Å². The third-order valence-corrected chi connectivity index (χ3v) is 7.73. The second-order valence-corrected chi connectivity index (χ2v) is 9.28. The van der Waals surface area contributed by atoms with E-state index in [0.29, 0.717) is 18.6 Å². The molecule has 2 aromatic carbocycles. The Labute approximate surface area is 180 Å². The minimum Gasteiger partial charge on any atom is -0.342 e. The van der Waals surface area contributed by atoms with Crippen molar-refractivity contribution in [1.82, 2.24) is 15.1 Å². The maximum Gasteiger partial charge on any atom is 0.241 e. The highest BCUT2D eigenvalue weighted by molar-refractivity contribution is 5.88. The number of nitrogens with zero attached hydrogens (tertiary/aromatic N) is 2. The first-order chi connectivity index (χ1) is 14.8. The smallest absolute Gasteiger partial charge is 0.241 e. The van der Waals surface area contributed by atoms with Crippen LogP contribution in [0.2, 0.25) is 0 Å². The van der Waals surface area contributed by atoms with Crippen LogP contribution in [0.3, 0.4) is 0 Å². The lowest BCUT2D eigenvalue weighted by Crippen LogP contribution is -2.58. The number of amides is 1. The summed E-state index contributed by atoms with van der Waals surface area (Å²) in [4.78, 5) is 18.0. The Morgan fingerprint density at radius 3 is 2.30 bits per heavy atom. The van der Waals surface area contributed by atoms with Crippen molar-refractivity contribution in [1.29, 1.82) is 0 Å². The molecule has 158 valence electrons. The molecule has 1 aliphatic carbocycles. The molecule has 1 spiro atoms. The summed E-state index contributed by atoms with van der Waals surface area (Å²) in [7, 11) is 0. The lowest BCUT2D eigenvalue weighted by Gasteiger charge is -2.47. The number of likely N-dealkylation sites (tertiary alicyclic amines) is 1. The summed E-state index contributed by atoms with van der Waals surface area (Å²) in [5.74, 6) is 0.869. The number of nitrogens with one attached hydrogen (secondary N) is 1. The molecule has 0 radical (unpaired) electrons. The molecule has 2 aliphatic heterocycles. The van der Waals surface area contributed by atoms with Gasteiger partial charge in [-0.1, -0.05) is 73.5 Å². The van der Waals surface area contributed by atoms with Gasteiger partial charge in [-0.15, -0.1) is 0 Å². The Hall–Kier alpha value is -2.17. The third kappa shape index (κ3) is 3.67. The van der Waals surface area contributed by atoms with Crippen LogP contribution in [0, 0.1) is 0 Å². The summed E-state index contributed by atoms with van der Waals surface area (Å²) in [6, 6.07) is 22.3. The van der Waals surface area contributed by atoms with Crippen LogP contribution in [0.15, 0.2) is 60.7 Å². The van der Waals surface area contributed by atoms with Crippen molar-refractivity contribution in [3.05, 3.63) is 71.8 Å². The zero-order valence-electron chi connectivity index (χ0n) is 17.8. The fraction of sp³-hybridized carbons (Fsp3) is 0.500. The summed E-state index contributed by atoms with van der Waals surface area (Å²) in [6.45, 7) is 3.55. The van der Waals surface area contributed by atoms with Crippen LogP contribution in [0.5, 0.6) is 0 Å². The summed E-state index contributed by atoms with van der Waals surface area (Å²) in [5, 5.41) is 3.15. The number of carbonyl (C=O) groups excluding carboxylic acids is 1. The van der Waals surface area contributed by atoms with Crippen LogP contribution in [-0.2, 0) is 11.3 Å². The molecule has 1 N–H and O–H groups in total. The standard InChI is InChI=1S/C26H33N3O/c30-25-26(29(20-27-25)19-21-9-3-1-4-10-21)15-17-28(18-16-26)24-14-8-7-13-23(24)22-11-5-2-6-12-22/h1-6,9-12,23-24H,7-8,13-20H2,(H,27,30)/t23-,24-/m0/s1. The first kappa shape index (κ1) is 19.8. The minimum atomic E-state index is -0.330. The van der Waals surface area contributed by atoms with Gasteiger partial charge in [-0.2, -0.15) is 0 Å². The van der Waals surface area contributed by atoms with Gasteiger partial charge in [-0.05, 0) is 42.7 Å². The van der Waals surface area contributed by atoms with Crippen LogP contribution in [0.1, 0.15) is 55.6 Å². The Kier molecular flexibility index (Phi) is 5.62. The lowest BCUT2D eigenvalue weighted by atomic mass is 9.77. The van der Waals surface area contributed by atoms with E-state index in [1.165, 1.54) is 36.8 Å². The number of benzene rings is 2. The van der Waals surface area contributed by atoms with Gasteiger partial charge in [0.1, 0.15) is 5.54 Å². The summed E-state index contributed by atoms with van der Waals surface area (Å²) < 4.78 is 0. The van der Waals surface area contributed by atoms with E-state index in [0.717, 1.165) is 32.5 Å². The van der Waals surface area contributed by atoms with Crippen LogP contribution < -0.4 is 5.32 Å². The third-order valence-electron chi connectivity index (χ3n) is 7.73. The Morgan fingerprint density at radius 1 is 0.900 bits per heavy atom. The fourth-order valence-corrected chi connectivity index (χ4v) is 6.04. The molecule has 0 bridgehead atoms. The highest BCUT2D eigenvalue weighted by Crippen LogP contribution is 2.40. The van der Waals surface area contributed by atoms with E-state index in [-0.39, 0.29) is 11.4 Å². The number of carbonyl (C=O) groups is 1. The lowest BCUT2D eigenvalue weighted by molar-refractivity contribution is -0.130. The quantitative estimate of drug-likeness (QED) is 0.834. The predicted molar refractivity (Wildman–Crippen MR) is 120 cm³/mol. The molecule has 0 unspecified atom stereocenters. The topological polar surface area (TPSA) is 35.6 Å². The maximum atomic E-state index is 12.9. The molecule has 2 aromatic rings. The fourth-order valence-electron chi connectivity index (χ4n) is 6.04. The van der Waals surface area contributed by atoms with Crippen molar-refractivity contribution in [3.8, 4) is 0 Å². The zero-order valence-corrected chi connectivity index (χ0v) is 17.8. The van der Waals surface area contributed by atoms with E-state index in [2.05, 4.69) is 75.8 Å². The van der Waals surface area contributed by atoms with Gasteiger partial charge in [0, 0.05) is 25.7 Å². The molecule has 1 saturated carbocycles. The van der Waals surface area contributed by atoms with E-state index in [9.17, 15) is 4.79 Å². The highest BCUT2D eigenvalue weighted by Gasteiger charge is 2.51. The summed E-state index contributed by atoms with van der Waals surface area (Å²) in [5.41, 5.74) is 2.45. The molecule has 3 fully saturated rings. The number of rotatable bonds is 4.